The van der Waals surface area contributed by atoms with Gasteiger partial charge < -0.3 is 25.0 Å². The van der Waals surface area contributed by atoms with Crippen LogP contribution in [0.15, 0.2) is 59.4 Å². The molecule has 0 spiro atoms. The summed E-state index contributed by atoms with van der Waals surface area (Å²) in [6.07, 6.45) is -3.94. The van der Waals surface area contributed by atoms with Crippen molar-refractivity contribution in [3.8, 4) is 16.9 Å². The maximum Gasteiger partial charge on any atom is 0.326 e. The van der Waals surface area contributed by atoms with Gasteiger partial charge in [0.1, 0.15) is 29.0 Å². The highest BCUT2D eigenvalue weighted by molar-refractivity contribution is 6.00. The SMILES string of the molecule is COc1cc(C)n(C)c(=O)c1-c1ccc(CC(NC(=O)c2c(F)cc(NC(CCF)C(F)F)cc2F)C(=O)O)c2ccccc12. The lowest BCUT2D eigenvalue weighted by atomic mass is 9.92. The Hall–Kier alpha value is -4.94. The molecule has 0 saturated carbocycles. The average Bonchev–Trinajstić information content (AvgIpc) is 2.99. The Morgan fingerprint density at radius 3 is 2.24 bits per heavy atom. The van der Waals surface area contributed by atoms with Crippen LogP contribution in [0.1, 0.15) is 28.0 Å². The lowest BCUT2D eigenvalue weighted by Crippen LogP contribution is -2.43. The molecule has 0 saturated heterocycles. The number of hydrogen-bond donors (Lipinski definition) is 3. The number of carboxylic acids is 1. The van der Waals surface area contributed by atoms with Gasteiger partial charge in [0.15, 0.2) is 0 Å². The Labute approximate surface area is 254 Å². The van der Waals surface area contributed by atoms with Crippen molar-refractivity contribution >= 4 is 28.3 Å². The van der Waals surface area contributed by atoms with Gasteiger partial charge in [0.25, 0.3) is 17.9 Å². The summed E-state index contributed by atoms with van der Waals surface area (Å²) < 4.78 is 75.5. The van der Waals surface area contributed by atoms with E-state index in [2.05, 4.69) is 10.6 Å². The number of pyridine rings is 1. The third-order valence-electron chi connectivity index (χ3n) is 7.51. The number of methoxy groups -OCH3 is 1. The molecule has 0 fully saturated rings. The fourth-order valence-electron chi connectivity index (χ4n) is 5.07. The first-order chi connectivity index (χ1) is 21.4. The molecule has 8 nitrogen and oxygen atoms in total. The van der Waals surface area contributed by atoms with Gasteiger partial charge in [-0.1, -0.05) is 36.4 Å². The summed E-state index contributed by atoms with van der Waals surface area (Å²) in [4.78, 5) is 38.4. The number of amides is 1. The maximum absolute atomic E-state index is 14.9. The Morgan fingerprint density at radius 2 is 1.67 bits per heavy atom. The molecule has 0 aliphatic heterocycles. The molecular formula is C32H30F5N3O5. The molecule has 0 bridgehead atoms. The first-order valence-electron chi connectivity index (χ1n) is 13.8. The van der Waals surface area contributed by atoms with E-state index in [9.17, 15) is 41.4 Å². The molecule has 0 aliphatic rings. The molecule has 3 aromatic carbocycles. The van der Waals surface area contributed by atoms with Crippen molar-refractivity contribution in [3.63, 3.8) is 0 Å². The zero-order chi connectivity index (χ0) is 33.0. The number of nitrogens with zero attached hydrogens (tertiary/aromatic N) is 1. The number of rotatable bonds is 12. The lowest BCUT2D eigenvalue weighted by molar-refractivity contribution is -0.139. The van der Waals surface area contributed by atoms with Crippen LogP contribution < -0.4 is 20.9 Å². The number of nitrogens with one attached hydrogen (secondary N) is 2. The summed E-state index contributed by atoms with van der Waals surface area (Å²) in [7, 11) is 3.07. The van der Waals surface area contributed by atoms with E-state index < -0.39 is 66.4 Å². The minimum absolute atomic E-state index is 0.296. The van der Waals surface area contributed by atoms with Gasteiger partial charge in [-0.3, -0.25) is 14.0 Å². The molecule has 2 atom stereocenters. The molecule has 4 rings (SSSR count). The highest BCUT2D eigenvalue weighted by Crippen LogP contribution is 2.35. The molecule has 2 unspecified atom stereocenters. The molecule has 1 amide bonds. The van der Waals surface area contributed by atoms with Crippen molar-refractivity contribution in [1.82, 2.24) is 9.88 Å². The van der Waals surface area contributed by atoms with Gasteiger partial charge in [-0.05, 0) is 41.0 Å². The van der Waals surface area contributed by atoms with E-state index >= 15 is 0 Å². The van der Waals surface area contributed by atoms with Crippen molar-refractivity contribution in [1.29, 1.82) is 0 Å². The predicted octanol–water partition coefficient (Wildman–Crippen LogP) is 5.63. The second kappa shape index (κ2) is 13.8. The largest absolute Gasteiger partial charge is 0.496 e. The molecule has 3 N–H and O–H groups in total. The molecule has 1 aromatic heterocycles. The van der Waals surface area contributed by atoms with Crippen LogP contribution in [0, 0.1) is 18.6 Å². The van der Waals surface area contributed by atoms with Crippen LogP contribution >= 0.6 is 0 Å². The number of anilines is 1. The molecule has 45 heavy (non-hydrogen) atoms. The first-order valence-corrected chi connectivity index (χ1v) is 13.8. The number of benzene rings is 3. The van der Waals surface area contributed by atoms with Crippen LogP contribution in [0.2, 0.25) is 0 Å². The predicted molar refractivity (Wildman–Crippen MR) is 159 cm³/mol. The summed E-state index contributed by atoms with van der Waals surface area (Å²) in [5.41, 5.74) is 0.0878. The number of carbonyl (C=O) groups excluding carboxylic acids is 1. The third-order valence-corrected chi connectivity index (χ3v) is 7.51. The van der Waals surface area contributed by atoms with Crippen LogP contribution in [-0.2, 0) is 18.3 Å². The Balaban J connectivity index is 1.66. The van der Waals surface area contributed by atoms with Crippen molar-refractivity contribution < 1.29 is 41.4 Å². The average molecular weight is 632 g/mol. The quantitative estimate of drug-likeness (QED) is 0.175. The van der Waals surface area contributed by atoms with Crippen LogP contribution in [0.3, 0.4) is 0 Å². The molecule has 238 valence electrons. The van der Waals surface area contributed by atoms with Gasteiger partial charge in [0.05, 0.1) is 25.4 Å². The van der Waals surface area contributed by atoms with Gasteiger partial charge in [-0.15, -0.1) is 0 Å². The minimum atomic E-state index is -3.03. The highest BCUT2D eigenvalue weighted by Gasteiger charge is 2.28. The molecule has 1 heterocycles. The first kappa shape index (κ1) is 33.0. The van der Waals surface area contributed by atoms with Crippen molar-refractivity contribution in [2.24, 2.45) is 7.05 Å². The third kappa shape index (κ3) is 6.92. The van der Waals surface area contributed by atoms with Crippen LogP contribution in [0.4, 0.5) is 27.6 Å². The number of aliphatic carboxylic acids is 1. The number of ether oxygens (including phenoxy) is 1. The highest BCUT2D eigenvalue weighted by atomic mass is 19.3. The van der Waals surface area contributed by atoms with Crippen molar-refractivity contribution in [2.75, 3.05) is 19.1 Å². The number of hydrogen-bond acceptors (Lipinski definition) is 5. The monoisotopic (exact) mass is 631 g/mol. The summed E-state index contributed by atoms with van der Waals surface area (Å²) in [5.74, 6) is -5.39. The van der Waals surface area contributed by atoms with Gasteiger partial charge in [0.2, 0.25) is 0 Å². The number of aromatic nitrogens is 1. The van der Waals surface area contributed by atoms with E-state index in [1.54, 1.807) is 56.4 Å². The molecule has 4 aromatic rings. The van der Waals surface area contributed by atoms with E-state index in [1.165, 1.54) is 11.7 Å². The number of alkyl halides is 3. The smallest absolute Gasteiger partial charge is 0.326 e. The second-order valence-corrected chi connectivity index (χ2v) is 10.4. The van der Waals surface area contributed by atoms with Crippen molar-refractivity contribution in [3.05, 3.63) is 93.4 Å². The van der Waals surface area contributed by atoms with E-state index in [0.29, 0.717) is 51.0 Å². The van der Waals surface area contributed by atoms with Crippen LogP contribution in [-0.4, -0.2) is 53.8 Å². The van der Waals surface area contributed by atoms with Gasteiger partial charge >= 0.3 is 5.97 Å². The Bertz CT molecular complexity index is 1790. The van der Waals surface area contributed by atoms with Crippen molar-refractivity contribution in [2.45, 2.75) is 38.3 Å². The van der Waals surface area contributed by atoms with E-state index in [1.807, 2.05) is 0 Å². The lowest BCUT2D eigenvalue weighted by Gasteiger charge is -2.20. The van der Waals surface area contributed by atoms with E-state index in [0.717, 1.165) is 0 Å². The molecule has 0 aliphatic carbocycles. The van der Waals surface area contributed by atoms with E-state index in [4.69, 9.17) is 4.74 Å². The fourth-order valence-corrected chi connectivity index (χ4v) is 5.07. The molecule has 0 radical (unpaired) electrons. The number of fused-ring (bicyclic) bond motifs is 1. The number of halogens is 5. The minimum Gasteiger partial charge on any atom is -0.496 e. The number of carbonyl (C=O) groups is 2. The Kier molecular flexibility index (Phi) is 10.1. The zero-order valence-corrected chi connectivity index (χ0v) is 24.5. The van der Waals surface area contributed by atoms with Crippen LogP contribution in [0.5, 0.6) is 5.75 Å². The van der Waals surface area contributed by atoms with Crippen LogP contribution in [0.25, 0.3) is 21.9 Å². The molecule has 13 heteroatoms. The zero-order valence-electron chi connectivity index (χ0n) is 24.5. The van der Waals surface area contributed by atoms with Gasteiger partial charge in [-0.2, -0.15) is 0 Å². The summed E-state index contributed by atoms with van der Waals surface area (Å²) >= 11 is 0. The summed E-state index contributed by atoms with van der Waals surface area (Å²) in [6.45, 7) is 0.663. The topological polar surface area (TPSA) is 110 Å². The maximum atomic E-state index is 14.9. The van der Waals surface area contributed by atoms with Gasteiger partial charge in [0, 0.05) is 37.3 Å². The van der Waals surface area contributed by atoms with E-state index in [-0.39, 0.29) is 12.0 Å². The number of carboxylic acid groups (broad SMARTS) is 1. The standard InChI is InChI=1S/C32H30F5N3O5/c1-16-12-26(45-3)27(31(42)40(16)2)21-9-8-17(19-6-4-5-7-20(19)21)13-25(32(43)44)39-30(41)28-22(34)14-18(15-23(28)35)38-24(10-11-33)29(36)37/h4-9,12,14-15,24-25,29,38H,10-11,13H2,1-3H3,(H,39,41)(H,43,44). The number of aryl methyl sites for hydroxylation is 1. The van der Waals surface area contributed by atoms with Gasteiger partial charge in [-0.25, -0.2) is 22.4 Å². The second-order valence-electron chi connectivity index (χ2n) is 10.4. The fraction of sp³-hybridized carbons (Fsp3) is 0.281. The normalized spacial score (nSPS) is 12.6. The summed E-state index contributed by atoms with van der Waals surface area (Å²) in [5, 5.41) is 15.3. The Morgan fingerprint density at radius 1 is 1.02 bits per heavy atom. The molecular weight excluding hydrogens is 601 g/mol. The summed E-state index contributed by atoms with van der Waals surface area (Å²) in [6, 6.07) is 9.67.